The number of ether oxygens (including phenoxy) is 3. The summed E-state index contributed by atoms with van der Waals surface area (Å²) in [5, 5.41) is 2.86. The lowest BCUT2D eigenvalue weighted by Gasteiger charge is -2.24. The molecule has 6 heteroatoms. The summed E-state index contributed by atoms with van der Waals surface area (Å²) >= 11 is 0. The highest BCUT2D eigenvalue weighted by Gasteiger charge is 2.29. The van der Waals surface area contributed by atoms with E-state index in [1.54, 1.807) is 39.3 Å². The number of hydrogen-bond acceptors (Lipinski definition) is 5. The third-order valence-electron chi connectivity index (χ3n) is 4.05. The van der Waals surface area contributed by atoms with E-state index in [9.17, 15) is 4.79 Å². The molecule has 2 aromatic rings. The molecule has 0 saturated carbocycles. The average Bonchev–Trinajstić information content (AvgIpc) is 2.67. The van der Waals surface area contributed by atoms with Crippen LogP contribution in [0, 0.1) is 0 Å². The molecule has 2 aromatic carbocycles. The van der Waals surface area contributed by atoms with Crippen molar-refractivity contribution >= 4 is 5.91 Å². The fourth-order valence-electron chi connectivity index (χ4n) is 2.43. The molecule has 3 N–H and O–H groups in total. The number of amides is 1. The predicted octanol–water partition coefficient (Wildman–Crippen LogP) is 2.46. The van der Waals surface area contributed by atoms with E-state index in [0.717, 1.165) is 5.56 Å². The lowest BCUT2D eigenvalue weighted by atomic mass is 9.92. The smallest absolute Gasteiger partial charge is 0.244 e. The second-order valence-corrected chi connectivity index (χ2v) is 6.07. The van der Waals surface area contributed by atoms with E-state index in [-0.39, 0.29) is 5.91 Å². The van der Waals surface area contributed by atoms with Crippen molar-refractivity contribution in [2.75, 3.05) is 27.4 Å². The Kier molecular flexibility index (Phi) is 6.86. The molecule has 1 atom stereocenters. The maximum absolute atomic E-state index is 12.4. The van der Waals surface area contributed by atoms with E-state index in [1.165, 1.54) is 0 Å². The molecule has 0 aliphatic carbocycles. The van der Waals surface area contributed by atoms with Gasteiger partial charge in [0.15, 0.2) is 0 Å². The summed E-state index contributed by atoms with van der Waals surface area (Å²) in [7, 11) is 3.18. The molecular weight excluding hydrogens is 332 g/mol. The molecule has 1 amide bonds. The van der Waals surface area contributed by atoms with Crippen molar-refractivity contribution in [3.05, 3.63) is 54.1 Å². The first-order chi connectivity index (χ1) is 12.5. The van der Waals surface area contributed by atoms with Crippen LogP contribution in [0.1, 0.15) is 18.9 Å². The number of nitrogens with two attached hydrogens (primary N) is 1. The van der Waals surface area contributed by atoms with E-state index < -0.39 is 5.54 Å². The zero-order valence-corrected chi connectivity index (χ0v) is 15.5. The van der Waals surface area contributed by atoms with Gasteiger partial charge in [-0.1, -0.05) is 30.3 Å². The number of hydrogen-bond donors (Lipinski definition) is 2. The third kappa shape index (κ3) is 5.13. The number of methoxy groups -OCH3 is 2. The van der Waals surface area contributed by atoms with Crippen LogP contribution in [-0.2, 0) is 10.3 Å². The van der Waals surface area contributed by atoms with E-state index >= 15 is 0 Å². The molecule has 26 heavy (non-hydrogen) atoms. The largest absolute Gasteiger partial charge is 0.496 e. The third-order valence-corrected chi connectivity index (χ3v) is 4.05. The second kappa shape index (κ2) is 9.10. The van der Waals surface area contributed by atoms with Crippen LogP contribution < -0.4 is 25.3 Å². The second-order valence-electron chi connectivity index (χ2n) is 6.07. The Bertz CT molecular complexity index is 695. The summed E-state index contributed by atoms with van der Waals surface area (Å²) in [5.41, 5.74) is 5.89. The van der Waals surface area contributed by atoms with E-state index in [1.807, 2.05) is 30.3 Å². The maximum Gasteiger partial charge on any atom is 0.244 e. The molecule has 0 spiro atoms. The Labute approximate surface area is 154 Å². The normalized spacial score (nSPS) is 12.8. The van der Waals surface area contributed by atoms with Crippen molar-refractivity contribution in [3.63, 3.8) is 0 Å². The molecule has 140 valence electrons. The van der Waals surface area contributed by atoms with Crippen LogP contribution in [0.5, 0.6) is 17.2 Å². The standard InChI is InChI=1S/C20H26N2O4/c1-20(21,15-8-5-4-6-9-15)19(23)22-10-7-11-26-18-13-16(24-2)12-17(14-18)25-3/h4-6,8-9,12-14H,7,10-11,21H2,1-3H3,(H,22,23). The van der Waals surface area contributed by atoms with Crippen LogP contribution in [0.3, 0.4) is 0 Å². The van der Waals surface area contributed by atoms with Crippen molar-refractivity contribution < 1.29 is 19.0 Å². The molecule has 1 unspecified atom stereocenters. The predicted molar refractivity (Wildman–Crippen MR) is 101 cm³/mol. The fourth-order valence-corrected chi connectivity index (χ4v) is 2.43. The van der Waals surface area contributed by atoms with Gasteiger partial charge in [-0.15, -0.1) is 0 Å². The molecule has 0 fully saturated rings. The van der Waals surface area contributed by atoms with Crippen LogP contribution in [0.2, 0.25) is 0 Å². The fraction of sp³-hybridized carbons (Fsp3) is 0.350. The first-order valence-electron chi connectivity index (χ1n) is 8.46. The van der Waals surface area contributed by atoms with Crippen LogP contribution in [0.15, 0.2) is 48.5 Å². The highest BCUT2D eigenvalue weighted by atomic mass is 16.5. The van der Waals surface area contributed by atoms with Crippen molar-refractivity contribution in [2.24, 2.45) is 5.73 Å². The summed E-state index contributed by atoms with van der Waals surface area (Å²) in [6, 6.07) is 14.7. The summed E-state index contributed by atoms with van der Waals surface area (Å²) in [6.07, 6.45) is 0.649. The molecule has 0 bridgehead atoms. The number of benzene rings is 2. The Morgan fingerprint density at radius 2 is 1.62 bits per heavy atom. The Balaban J connectivity index is 1.79. The van der Waals surface area contributed by atoms with Gasteiger partial charge in [-0.25, -0.2) is 0 Å². The van der Waals surface area contributed by atoms with Gasteiger partial charge in [0.05, 0.1) is 20.8 Å². The minimum Gasteiger partial charge on any atom is -0.496 e. The zero-order chi connectivity index (χ0) is 19.0. The van der Waals surface area contributed by atoms with E-state index in [2.05, 4.69) is 5.32 Å². The van der Waals surface area contributed by atoms with Gasteiger partial charge in [0, 0.05) is 24.7 Å². The van der Waals surface area contributed by atoms with Gasteiger partial charge < -0.3 is 25.3 Å². The summed E-state index contributed by atoms with van der Waals surface area (Å²) in [6.45, 7) is 2.62. The monoisotopic (exact) mass is 358 g/mol. The molecule has 0 aliphatic heterocycles. The summed E-state index contributed by atoms with van der Waals surface area (Å²) in [5.74, 6) is 1.76. The van der Waals surface area contributed by atoms with Gasteiger partial charge in [0.2, 0.25) is 5.91 Å². The minimum atomic E-state index is -1.07. The molecule has 0 saturated heterocycles. The molecule has 0 radical (unpaired) electrons. The first-order valence-corrected chi connectivity index (χ1v) is 8.46. The zero-order valence-electron chi connectivity index (χ0n) is 15.5. The van der Waals surface area contributed by atoms with Gasteiger partial charge in [0.25, 0.3) is 0 Å². The van der Waals surface area contributed by atoms with Crippen LogP contribution in [0.4, 0.5) is 0 Å². The van der Waals surface area contributed by atoms with Crippen molar-refractivity contribution in [3.8, 4) is 17.2 Å². The van der Waals surface area contributed by atoms with Crippen LogP contribution in [-0.4, -0.2) is 33.3 Å². The van der Waals surface area contributed by atoms with Gasteiger partial charge in [-0.05, 0) is 18.9 Å². The average molecular weight is 358 g/mol. The van der Waals surface area contributed by atoms with Crippen molar-refractivity contribution in [1.29, 1.82) is 0 Å². The van der Waals surface area contributed by atoms with Gasteiger partial charge >= 0.3 is 0 Å². The highest BCUT2D eigenvalue weighted by molar-refractivity contribution is 5.86. The van der Waals surface area contributed by atoms with Crippen LogP contribution in [0.25, 0.3) is 0 Å². The van der Waals surface area contributed by atoms with Crippen molar-refractivity contribution in [1.82, 2.24) is 5.32 Å². The maximum atomic E-state index is 12.4. The van der Waals surface area contributed by atoms with Gasteiger partial charge in [-0.3, -0.25) is 4.79 Å². The number of carbonyl (C=O) groups is 1. The lowest BCUT2D eigenvalue weighted by Crippen LogP contribution is -2.49. The van der Waals surface area contributed by atoms with E-state index in [0.29, 0.717) is 36.8 Å². The topological polar surface area (TPSA) is 82.8 Å². The Morgan fingerprint density at radius 3 is 2.19 bits per heavy atom. The van der Waals surface area contributed by atoms with Crippen molar-refractivity contribution in [2.45, 2.75) is 18.9 Å². The Morgan fingerprint density at radius 1 is 1.04 bits per heavy atom. The lowest BCUT2D eigenvalue weighted by molar-refractivity contribution is -0.126. The summed E-state index contributed by atoms with van der Waals surface area (Å²) < 4.78 is 16.1. The van der Waals surface area contributed by atoms with Gasteiger partial charge in [0.1, 0.15) is 22.8 Å². The van der Waals surface area contributed by atoms with Crippen LogP contribution >= 0.6 is 0 Å². The quantitative estimate of drug-likeness (QED) is 0.673. The summed E-state index contributed by atoms with van der Waals surface area (Å²) in [4.78, 5) is 12.4. The van der Waals surface area contributed by atoms with Gasteiger partial charge in [-0.2, -0.15) is 0 Å². The molecule has 6 nitrogen and oxygen atoms in total. The number of carbonyl (C=O) groups excluding carboxylic acids is 1. The molecule has 0 heterocycles. The molecule has 2 rings (SSSR count). The van der Waals surface area contributed by atoms with E-state index in [4.69, 9.17) is 19.9 Å². The molecule has 0 aliphatic rings. The first kappa shape index (κ1) is 19.6. The minimum absolute atomic E-state index is 0.216. The Hall–Kier alpha value is -2.73. The molecular formula is C20H26N2O4. The SMILES string of the molecule is COc1cc(OC)cc(OCCCNC(=O)C(C)(N)c2ccccc2)c1. The molecule has 0 aromatic heterocycles. The highest BCUT2D eigenvalue weighted by Crippen LogP contribution is 2.27. The number of nitrogens with one attached hydrogen (secondary N) is 1. The number of rotatable bonds is 9.